The number of carbonyl (C=O) groups is 2. The van der Waals surface area contributed by atoms with Crippen LogP contribution in [0, 0.1) is 17.2 Å². The number of hydrogen-bond donors (Lipinski definition) is 3. The summed E-state index contributed by atoms with van der Waals surface area (Å²) in [7, 11) is 0. The first-order valence-electron chi connectivity index (χ1n) is 11.8. The van der Waals surface area contributed by atoms with Crippen LogP contribution in [0.4, 0.5) is 32.0 Å². The standard InChI is InChI=1S/C27H18ClF6N3O3S2/c28-17-8-3-1-6-14(17)21-15(12-35)24(42-13-20(38)36-18-9-4-2-7-16(18)26(29,30)31)37-25(40,27(32,33)34)22(21)23(39)19-10-5-11-41-19/h1-11,21-22,37,40H,13H2,(H,36,38)/t21-,22-,25-/m1/s1. The monoisotopic (exact) mass is 645 g/mol. The first-order chi connectivity index (χ1) is 19.7. The van der Waals surface area contributed by atoms with E-state index in [9.17, 15) is 46.3 Å². The minimum absolute atomic E-state index is 0.0588. The summed E-state index contributed by atoms with van der Waals surface area (Å²) in [4.78, 5) is 26.1. The van der Waals surface area contributed by atoms with E-state index in [0.717, 1.165) is 29.5 Å². The molecular formula is C27H18ClF6N3O3S2. The SMILES string of the molecule is N#CC1=C(SCC(=O)Nc2ccccc2C(F)(F)F)N[C@](O)(C(F)(F)F)[C@@H](C(=O)c2cccs2)[C@@H]1c1ccccc1Cl. The molecule has 1 amide bonds. The third kappa shape index (κ3) is 6.14. The molecule has 3 aromatic rings. The van der Waals surface area contributed by atoms with Gasteiger partial charge in [0.05, 0.1) is 44.5 Å². The van der Waals surface area contributed by atoms with Crippen LogP contribution in [0.3, 0.4) is 0 Å². The zero-order valence-electron chi connectivity index (χ0n) is 20.9. The zero-order valence-corrected chi connectivity index (χ0v) is 23.3. The third-order valence-corrected chi connectivity index (χ3v) is 8.58. The van der Waals surface area contributed by atoms with E-state index in [1.165, 1.54) is 47.8 Å². The van der Waals surface area contributed by atoms with E-state index in [0.29, 0.717) is 11.8 Å². The Morgan fingerprint density at radius 1 is 1.07 bits per heavy atom. The van der Waals surface area contributed by atoms with Crippen LogP contribution in [0.1, 0.15) is 26.7 Å². The number of allylic oxidation sites excluding steroid dienone is 1. The number of para-hydroxylation sites is 1. The highest BCUT2D eigenvalue weighted by atomic mass is 35.5. The molecule has 0 aliphatic carbocycles. The number of nitriles is 1. The molecule has 0 unspecified atom stereocenters. The third-order valence-electron chi connectivity index (χ3n) is 6.34. The second-order valence-electron chi connectivity index (χ2n) is 8.94. The number of Topliss-reactive ketones (excluding diaryl/α,β-unsaturated/α-hetero) is 1. The Balaban J connectivity index is 1.78. The van der Waals surface area contributed by atoms with E-state index in [2.05, 4.69) is 5.32 Å². The number of halogens is 7. The van der Waals surface area contributed by atoms with Gasteiger partial charge < -0.3 is 15.7 Å². The Hall–Kier alpha value is -3.51. The summed E-state index contributed by atoms with van der Waals surface area (Å²) in [5.74, 6) is -6.94. The lowest BCUT2D eigenvalue weighted by atomic mass is 9.70. The minimum atomic E-state index is -5.48. The lowest BCUT2D eigenvalue weighted by molar-refractivity contribution is -0.285. The number of alkyl halides is 6. The molecule has 1 aliphatic heterocycles. The van der Waals surface area contributed by atoms with Crippen LogP contribution in [-0.2, 0) is 11.0 Å². The Morgan fingerprint density at radius 2 is 1.74 bits per heavy atom. The van der Waals surface area contributed by atoms with Crippen molar-refractivity contribution in [2.45, 2.75) is 24.0 Å². The van der Waals surface area contributed by atoms with E-state index in [1.54, 1.807) is 6.07 Å². The summed E-state index contributed by atoms with van der Waals surface area (Å²) < 4.78 is 83.8. The van der Waals surface area contributed by atoms with Crippen LogP contribution in [0.15, 0.2) is 76.6 Å². The first-order valence-corrected chi connectivity index (χ1v) is 14.1. The van der Waals surface area contributed by atoms with Crippen molar-refractivity contribution in [2.24, 2.45) is 5.92 Å². The van der Waals surface area contributed by atoms with Crippen LogP contribution in [0.25, 0.3) is 0 Å². The molecule has 15 heteroatoms. The molecule has 0 fully saturated rings. The van der Waals surface area contributed by atoms with Gasteiger partial charge in [-0.3, -0.25) is 9.59 Å². The molecule has 1 aromatic heterocycles. The van der Waals surface area contributed by atoms with Gasteiger partial charge in [-0.1, -0.05) is 59.8 Å². The number of hydrogen-bond acceptors (Lipinski definition) is 7. The van der Waals surface area contributed by atoms with Crippen molar-refractivity contribution in [1.82, 2.24) is 5.32 Å². The number of nitrogens with zero attached hydrogens (tertiary/aromatic N) is 1. The summed E-state index contributed by atoms with van der Waals surface area (Å²) in [5.41, 5.74) is -6.14. The van der Waals surface area contributed by atoms with Crippen molar-refractivity contribution in [3.8, 4) is 6.07 Å². The molecular weight excluding hydrogens is 628 g/mol. The van der Waals surface area contributed by atoms with Crippen LogP contribution >= 0.6 is 34.7 Å². The van der Waals surface area contributed by atoms with Crippen LogP contribution < -0.4 is 10.6 Å². The molecule has 0 radical (unpaired) electrons. The molecule has 1 aliphatic rings. The number of ketones is 1. The molecule has 3 N–H and O–H groups in total. The first kappa shape index (κ1) is 31.4. The number of rotatable bonds is 7. The molecule has 6 nitrogen and oxygen atoms in total. The Morgan fingerprint density at radius 3 is 2.33 bits per heavy atom. The number of amides is 1. The van der Waals surface area contributed by atoms with Gasteiger partial charge in [0.15, 0.2) is 5.78 Å². The minimum Gasteiger partial charge on any atom is -0.363 e. The van der Waals surface area contributed by atoms with Gasteiger partial charge in [-0.15, -0.1) is 11.3 Å². The topological polar surface area (TPSA) is 102 Å². The quantitative estimate of drug-likeness (QED) is 0.190. The number of thioether (sulfide) groups is 1. The number of carbonyl (C=O) groups excluding carboxylic acids is 2. The Labute approximate surface area is 248 Å². The fourth-order valence-electron chi connectivity index (χ4n) is 4.49. The van der Waals surface area contributed by atoms with Crippen molar-refractivity contribution in [2.75, 3.05) is 11.1 Å². The fourth-order valence-corrected chi connectivity index (χ4v) is 6.35. The summed E-state index contributed by atoms with van der Waals surface area (Å²) in [6, 6.07) is 14.1. The van der Waals surface area contributed by atoms with Gasteiger partial charge >= 0.3 is 12.4 Å². The summed E-state index contributed by atoms with van der Waals surface area (Å²) in [5, 5.41) is 26.0. The Bertz CT molecular complexity index is 1570. The lowest BCUT2D eigenvalue weighted by Gasteiger charge is -2.45. The molecule has 4 rings (SSSR count). The molecule has 0 saturated heterocycles. The second-order valence-corrected chi connectivity index (χ2v) is 11.3. The largest absolute Gasteiger partial charge is 0.437 e. The number of nitrogens with one attached hydrogen (secondary N) is 2. The Kier molecular flexibility index (Phi) is 8.98. The molecule has 0 spiro atoms. The molecule has 0 bridgehead atoms. The van der Waals surface area contributed by atoms with Crippen molar-refractivity contribution in [1.29, 1.82) is 5.26 Å². The van der Waals surface area contributed by atoms with E-state index in [-0.39, 0.29) is 15.5 Å². The maximum absolute atomic E-state index is 14.6. The summed E-state index contributed by atoms with van der Waals surface area (Å²) >= 11 is 7.50. The van der Waals surface area contributed by atoms with Gasteiger partial charge in [-0.2, -0.15) is 31.6 Å². The predicted molar refractivity (Wildman–Crippen MR) is 146 cm³/mol. The smallest absolute Gasteiger partial charge is 0.363 e. The van der Waals surface area contributed by atoms with Crippen LogP contribution in [0.5, 0.6) is 0 Å². The summed E-state index contributed by atoms with van der Waals surface area (Å²) in [6.45, 7) is 0. The molecule has 3 atom stereocenters. The normalized spacial score (nSPS) is 20.9. The predicted octanol–water partition coefficient (Wildman–Crippen LogP) is 6.96. The van der Waals surface area contributed by atoms with Crippen molar-refractivity contribution in [3.05, 3.63) is 97.7 Å². The molecule has 2 aromatic carbocycles. The van der Waals surface area contributed by atoms with Gasteiger partial charge in [0.25, 0.3) is 0 Å². The van der Waals surface area contributed by atoms with Gasteiger partial charge in [0, 0.05) is 10.9 Å². The number of benzene rings is 2. The van der Waals surface area contributed by atoms with Crippen molar-refractivity contribution in [3.63, 3.8) is 0 Å². The van der Waals surface area contributed by atoms with E-state index < -0.39 is 69.2 Å². The number of anilines is 1. The highest BCUT2D eigenvalue weighted by molar-refractivity contribution is 8.03. The van der Waals surface area contributed by atoms with Crippen molar-refractivity contribution >= 4 is 52.1 Å². The highest BCUT2D eigenvalue weighted by Gasteiger charge is 2.66. The van der Waals surface area contributed by atoms with E-state index >= 15 is 0 Å². The van der Waals surface area contributed by atoms with Gasteiger partial charge in [-0.25, -0.2) is 0 Å². The fraction of sp³-hybridized carbons (Fsp3) is 0.222. The van der Waals surface area contributed by atoms with Crippen molar-refractivity contribution < 1.29 is 41.0 Å². The van der Waals surface area contributed by atoms with E-state index in [4.69, 9.17) is 11.6 Å². The summed E-state index contributed by atoms with van der Waals surface area (Å²) in [6.07, 6.45) is -10.3. The van der Waals surface area contributed by atoms with Gasteiger partial charge in [-0.05, 0) is 35.2 Å². The molecule has 2 heterocycles. The van der Waals surface area contributed by atoms with E-state index in [1.807, 2.05) is 5.32 Å². The molecule has 0 saturated carbocycles. The zero-order chi connectivity index (χ0) is 30.9. The lowest BCUT2D eigenvalue weighted by Crippen LogP contribution is -2.66. The maximum atomic E-state index is 14.6. The number of thiophene rings is 1. The second kappa shape index (κ2) is 12.0. The van der Waals surface area contributed by atoms with Crippen LogP contribution in [0.2, 0.25) is 5.02 Å². The van der Waals surface area contributed by atoms with Gasteiger partial charge in [0.1, 0.15) is 0 Å². The van der Waals surface area contributed by atoms with Crippen LogP contribution in [-0.4, -0.2) is 34.5 Å². The average molecular weight is 646 g/mol. The average Bonchev–Trinajstić information content (AvgIpc) is 3.46. The molecule has 220 valence electrons. The highest BCUT2D eigenvalue weighted by Crippen LogP contribution is 2.52. The maximum Gasteiger partial charge on any atom is 0.437 e. The van der Waals surface area contributed by atoms with Gasteiger partial charge in [0.2, 0.25) is 11.6 Å². The number of aliphatic hydroxyl groups is 1. The molecule has 42 heavy (non-hydrogen) atoms.